The Hall–Kier alpha value is -0.870. The average Bonchev–Trinajstić information content (AvgIpc) is 3.02. The minimum Gasteiger partial charge on any atom is -0.381 e. The molecular weight excluding hydrogens is 326 g/mol. The lowest BCUT2D eigenvalue weighted by Gasteiger charge is -2.51. The highest BCUT2D eigenvalue weighted by Gasteiger charge is 2.60. The molecule has 0 bridgehead atoms. The molecule has 2 saturated carbocycles. The molecule has 146 valence electrons. The highest BCUT2D eigenvalue weighted by atomic mass is 16.5. The smallest absolute Gasteiger partial charge is 0.223 e. The summed E-state index contributed by atoms with van der Waals surface area (Å²) in [4.78, 5) is 13.0. The van der Waals surface area contributed by atoms with Crippen molar-refractivity contribution < 1.29 is 14.3 Å². The molecule has 1 aliphatic heterocycles. The van der Waals surface area contributed by atoms with Crippen LogP contribution in [0.15, 0.2) is 12.2 Å². The van der Waals surface area contributed by atoms with Crippen molar-refractivity contribution in [2.45, 2.75) is 82.0 Å². The van der Waals surface area contributed by atoms with Crippen molar-refractivity contribution in [1.29, 1.82) is 0 Å². The minimum absolute atomic E-state index is 0.0317. The van der Waals surface area contributed by atoms with E-state index in [1.807, 2.05) is 7.11 Å². The van der Waals surface area contributed by atoms with Gasteiger partial charge in [-0.2, -0.15) is 0 Å². The summed E-state index contributed by atoms with van der Waals surface area (Å²) in [7, 11) is 3.63. The van der Waals surface area contributed by atoms with Crippen LogP contribution in [0.25, 0.3) is 0 Å². The van der Waals surface area contributed by atoms with Crippen molar-refractivity contribution in [2.24, 2.45) is 23.7 Å². The van der Waals surface area contributed by atoms with Crippen LogP contribution in [0.4, 0.5) is 0 Å². The topological polar surface area (TPSA) is 47.6 Å². The molecule has 4 nitrogen and oxygen atoms in total. The van der Waals surface area contributed by atoms with Gasteiger partial charge in [0.05, 0.1) is 17.7 Å². The fourth-order valence-electron chi connectivity index (χ4n) is 6.66. The van der Waals surface area contributed by atoms with Gasteiger partial charge in [-0.25, -0.2) is 0 Å². The maximum absolute atomic E-state index is 13.0. The maximum atomic E-state index is 13.0. The van der Waals surface area contributed by atoms with Crippen molar-refractivity contribution in [3.05, 3.63) is 12.2 Å². The van der Waals surface area contributed by atoms with Crippen LogP contribution in [-0.4, -0.2) is 37.9 Å². The predicted octanol–water partition coefficient (Wildman–Crippen LogP) is 3.85. The Morgan fingerprint density at radius 1 is 0.923 bits per heavy atom. The Bertz CT molecular complexity index is 540. The number of hydrogen-bond donors (Lipinski definition) is 1. The minimum atomic E-state index is -0.0317. The highest BCUT2D eigenvalue weighted by Crippen LogP contribution is 2.54. The lowest BCUT2D eigenvalue weighted by molar-refractivity contribution is -0.124. The summed E-state index contributed by atoms with van der Waals surface area (Å²) in [5.41, 5.74) is -0.0317. The van der Waals surface area contributed by atoms with Gasteiger partial charge in [-0.15, -0.1) is 0 Å². The Labute approximate surface area is 158 Å². The summed E-state index contributed by atoms with van der Waals surface area (Å²) >= 11 is 0. The van der Waals surface area contributed by atoms with Crippen LogP contribution in [-0.2, 0) is 14.3 Å². The molecule has 1 heterocycles. The van der Waals surface area contributed by atoms with E-state index in [0.29, 0.717) is 29.8 Å². The van der Waals surface area contributed by atoms with Crippen molar-refractivity contribution in [1.82, 2.24) is 5.32 Å². The van der Waals surface area contributed by atoms with Crippen LogP contribution >= 0.6 is 0 Å². The van der Waals surface area contributed by atoms with Gasteiger partial charge in [-0.3, -0.25) is 4.79 Å². The molecule has 1 saturated heterocycles. The number of carbonyl (C=O) groups excluding carboxylic acids is 1. The van der Waals surface area contributed by atoms with Crippen molar-refractivity contribution in [2.75, 3.05) is 14.2 Å². The van der Waals surface area contributed by atoms with Gasteiger partial charge in [0.25, 0.3) is 0 Å². The van der Waals surface area contributed by atoms with Crippen LogP contribution in [0.2, 0.25) is 0 Å². The monoisotopic (exact) mass is 361 g/mol. The lowest BCUT2D eigenvalue weighted by atomic mass is 9.57. The first-order valence-corrected chi connectivity index (χ1v) is 10.7. The number of ether oxygens (including phenoxy) is 2. The molecular formula is C22H35NO3. The number of hydrogen-bond acceptors (Lipinski definition) is 3. The second kappa shape index (κ2) is 7.63. The first-order chi connectivity index (χ1) is 12.7. The number of amides is 1. The van der Waals surface area contributed by atoms with E-state index in [9.17, 15) is 4.79 Å². The summed E-state index contributed by atoms with van der Waals surface area (Å²) in [6.07, 6.45) is 16.9. The fourth-order valence-corrected chi connectivity index (χ4v) is 6.66. The summed E-state index contributed by atoms with van der Waals surface area (Å²) in [6, 6.07) is 0. The lowest BCUT2D eigenvalue weighted by Crippen LogP contribution is -2.59. The average molecular weight is 362 g/mol. The molecule has 1 N–H and O–H groups in total. The van der Waals surface area contributed by atoms with Gasteiger partial charge in [-0.05, 0) is 63.2 Å². The molecule has 0 radical (unpaired) electrons. The van der Waals surface area contributed by atoms with E-state index in [4.69, 9.17) is 9.47 Å². The predicted molar refractivity (Wildman–Crippen MR) is 102 cm³/mol. The molecule has 4 rings (SSSR count). The molecule has 3 fully saturated rings. The Balaban J connectivity index is 1.65. The second-order valence-electron chi connectivity index (χ2n) is 8.97. The van der Waals surface area contributed by atoms with Crippen LogP contribution < -0.4 is 5.32 Å². The molecule has 0 aromatic heterocycles. The van der Waals surface area contributed by atoms with Gasteiger partial charge in [0.2, 0.25) is 5.91 Å². The van der Waals surface area contributed by atoms with E-state index in [1.54, 1.807) is 7.11 Å². The van der Waals surface area contributed by atoms with E-state index in [2.05, 4.69) is 17.5 Å². The Morgan fingerprint density at radius 2 is 1.69 bits per heavy atom. The number of carbonyl (C=O) groups is 1. The van der Waals surface area contributed by atoms with Gasteiger partial charge in [0.15, 0.2) is 0 Å². The number of nitrogens with one attached hydrogen (secondary N) is 1. The summed E-state index contributed by atoms with van der Waals surface area (Å²) < 4.78 is 11.2. The van der Waals surface area contributed by atoms with Gasteiger partial charge < -0.3 is 14.8 Å². The molecule has 5 unspecified atom stereocenters. The van der Waals surface area contributed by atoms with Crippen LogP contribution in [0.1, 0.15) is 64.2 Å². The first kappa shape index (κ1) is 18.5. The van der Waals surface area contributed by atoms with Crippen molar-refractivity contribution in [3.63, 3.8) is 0 Å². The zero-order valence-electron chi connectivity index (χ0n) is 16.4. The van der Waals surface area contributed by atoms with Crippen LogP contribution in [0, 0.1) is 23.7 Å². The molecule has 4 aliphatic rings. The third kappa shape index (κ3) is 3.03. The zero-order valence-corrected chi connectivity index (χ0v) is 16.4. The van der Waals surface area contributed by atoms with Gasteiger partial charge in [0.1, 0.15) is 0 Å². The molecule has 26 heavy (non-hydrogen) atoms. The Kier molecular flexibility index (Phi) is 5.43. The van der Waals surface area contributed by atoms with E-state index in [-0.39, 0.29) is 17.6 Å². The zero-order chi connectivity index (χ0) is 18.1. The van der Waals surface area contributed by atoms with Crippen LogP contribution in [0.5, 0.6) is 0 Å². The Morgan fingerprint density at radius 3 is 2.35 bits per heavy atom. The number of fused-ring (bicyclic) bond motifs is 1. The largest absolute Gasteiger partial charge is 0.381 e. The maximum Gasteiger partial charge on any atom is 0.223 e. The summed E-state index contributed by atoms with van der Waals surface area (Å²) in [5, 5.41) is 3.64. The molecule has 3 aliphatic carbocycles. The van der Waals surface area contributed by atoms with Crippen molar-refractivity contribution >= 4 is 5.91 Å². The van der Waals surface area contributed by atoms with Gasteiger partial charge >= 0.3 is 0 Å². The molecule has 5 atom stereocenters. The summed E-state index contributed by atoms with van der Waals surface area (Å²) in [5.74, 6) is 2.14. The SMILES string of the molecule is COC1C=CC(C2(C3CCC(OC)CC3)NC(=O)C3CCCCC32)CC1. The number of rotatable bonds is 4. The molecule has 1 amide bonds. The molecule has 0 spiro atoms. The van der Waals surface area contributed by atoms with E-state index >= 15 is 0 Å². The quantitative estimate of drug-likeness (QED) is 0.774. The van der Waals surface area contributed by atoms with Crippen LogP contribution in [0.3, 0.4) is 0 Å². The van der Waals surface area contributed by atoms with Gasteiger partial charge in [0, 0.05) is 26.1 Å². The second-order valence-corrected chi connectivity index (χ2v) is 8.97. The van der Waals surface area contributed by atoms with E-state index in [1.165, 1.54) is 32.1 Å². The third-order valence-corrected chi connectivity index (χ3v) is 7.98. The molecule has 0 aromatic rings. The van der Waals surface area contributed by atoms with E-state index < -0.39 is 0 Å². The number of methoxy groups -OCH3 is 2. The van der Waals surface area contributed by atoms with E-state index in [0.717, 1.165) is 32.1 Å². The normalized spacial score (nSPS) is 46.0. The highest BCUT2D eigenvalue weighted by molar-refractivity contribution is 5.83. The van der Waals surface area contributed by atoms with Gasteiger partial charge in [-0.1, -0.05) is 25.0 Å². The van der Waals surface area contributed by atoms with Crippen molar-refractivity contribution in [3.8, 4) is 0 Å². The summed E-state index contributed by atoms with van der Waals surface area (Å²) in [6.45, 7) is 0. The third-order valence-electron chi connectivity index (χ3n) is 7.98. The molecule has 0 aromatic carbocycles. The standard InChI is InChI=1S/C22H35NO3/c1-25-17-11-7-15(8-12-17)22(16-9-13-18(26-2)14-10-16)20-6-4-3-5-19(20)21(24)23-22/h7,11,15-20H,3-6,8-10,12-14H2,1-2H3,(H,23,24). The first-order valence-electron chi connectivity index (χ1n) is 10.7. The molecule has 4 heteroatoms. The fraction of sp³-hybridized carbons (Fsp3) is 0.864.